The number of nitrogens with one attached hydrogen (secondary N) is 1. The molecule has 1 atom stereocenters. The number of rotatable bonds is 4. The Morgan fingerprint density at radius 3 is 3.00 bits per heavy atom. The Hall–Kier alpha value is -2.50. The van der Waals surface area contributed by atoms with Gasteiger partial charge >= 0.3 is 0 Å². The van der Waals surface area contributed by atoms with E-state index in [2.05, 4.69) is 27.4 Å². The molecule has 2 aromatic rings. The maximum absolute atomic E-state index is 12.4. The molecule has 1 aromatic heterocycles. The molecule has 1 N–H and O–H groups in total. The lowest BCUT2D eigenvalue weighted by Crippen LogP contribution is -2.32. The normalized spacial score (nSPS) is 19.7. The van der Waals surface area contributed by atoms with Crippen molar-refractivity contribution < 1.29 is 9.53 Å². The summed E-state index contributed by atoms with van der Waals surface area (Å²) >= 11 is 0. The van der Waals surface area contributed by atoms with Crippen LogP contribution in [0.4, 0.5) is 5.69 Å². The fraction of sp³-hybridized carbons (Fsp3) is 0.444. The summed E-state index contributed by atoms with van der Waals surface area (Å²) in [6.07, 6.45) is 1.88. The second kappa shape index (κ2) is 6.55. The molecule has 2 aliphatic heterocycles. The van der Waals surface area contributed by atoms with Crippen LogP contribution in [0, 0.1) is 5.92 Å². The molecule has 0 spiro atoms. The third kappa shape index (κ3) is 3.09. The Labute approximate surface area is 141 Å². The van der Waals surface area contributed by atoms with Gasteiger partial charge < -0.3 is 15.0 Å². The van der Waals surface area contributed by atoms with E-state index in [1.54, 1.807) is 0 Å². The van der Waals surface area contributed by atoms with Crippen LogP contribution in [-0.4, -0.2) is 35.4 Å². The highest BCUT2D eigenvalue weighted by Crippen LogP contribution is 2.24. The van der Waals surface area contributed by atoms with Gasteiger partial charge in [0.05, 0.1) is 24.8 Å². The first-order valence-corrected chi connectivity index (χ1v) is 8.57. The van der Waals surface area contributed by atoms with E-state index in [9.17, 15) is 4.79 Å². The van der Waals surface area contributed by atoms with E-state index < -0.39 is 0 Å². The lowest BCUT2D eigenvalue weighted by molar-refractivity contribution is -0.124. The Balaban J connectivity index is 1.31. The molecule has 0 saturated carbocycles. The molecule has 6 nitrogen and oxygen atoms in total. The third-order valence-electron chi connectivity index (χ3n) is 4.68. The van der Waals surface area contributed by atoms with Gasteiger partial charge in [-0.3, -0.25) is 4.79 Å². The van der Waals surface area contributed by atoms with Gasteiger partial charge in [-0.15, -0.1) is 0 Å². The molecule has 1 fully saturated rings. The topological polar surface area (TPSA) is 59.4 Å². The van der Waals surface area contributed by atoms with Gasteiger partial charge in [-0.05, 0) is 18.6 Å². The second-order valence-electron chi connectivity index (χ2n) is 6.38. The number of benzene rings is 1. The molecule has 0 radical (unpaired) electrons. The Bertz CT molecular complexity index is 690. The Morgan fingerprint density at radius 1 is 1.29 bits per heavy atom. The fourth-order valence-electron chi connectivity index (χ4n) is 3.37. The van der Waals surface area contributed by atoms with E-state index in [0.717, 1.165) is 50.7 Å². The number of aryl methyl sites for hydroxylation is 1. The van der Waals surface area contributed by atoms with E-state index in [-0.39, 0.29) is 11.8 Å². The molecule has 1 aromatic carbocycles. The van der Waals surface area contributed by atoms with Crippen molar-refractivity contribution in [3.8, 4) is 5.88 Å². The number of para-hydroxylation sites is 1. The maximum atomic E-state index is 12.4. The minimum Gasteiger partial charge on any atom is -0.478 e. The first kappa shape index (κ1) is 15.1. The van der Waals surface area contributed by atoms with Crippen LogP contribution < -0.4 is 15.0 Å². The predicted molar refractivity (Wildman–Crippen MR) is 90.9 cm³/mol. The number of amides is 1. The molecule has 0 bridgehead atoms. The van der Waals surface area contributed by atoms with Gasteiger partial charge in [-0.2, -0.15) is 5.10 Å². The molecular weight excluding hydrogens is 304 g/mol. The highest BCUT2D eigenvalue weighted by Gasteiger charge is 2.28. The minimum atomic E-state index is 0.0405. The number of ether oxygens (including phenoxy) is 1. The first-order valence-electron chi connectivity index (χ1n) is 8.57. The van der Waals surface area contributed by atoms with Crippen molar-refractivity contribution in [1.82, 2.24) is 15.1 Å². The van der Waals surface area contributed by atoms with E-state index >= 15 is 0 Å². The van der Waals surface area contributed by atoms with Crippen molar-refractivity contribution in [2.45, 2.75) is 25.9 Å². The van der Waals surface area contributed by atoms with Gasteiger partial charge in [0.25, 0.3) is 0 Å². The zero-order chi connectivity index (χ0) is 16.4. The molecular formula is C18H22N4O2. The smallest absolute Gasteiger partial charge is 0.225 e. The van der Waals surface area contributed by atoms with Crippen molar-refractivity contribution >= 4 is 11.6 Å². The average molecular weight is 326 g/mol. The number of anilines is 1. The number of hydrogen-bond acceptors (Lipinski definition) is 4. The number of nitrogens with zero attached hydrogens (tertiary/aromatic N) is 3. The molecule has 1 amide bonds. The predicted octanol–water partition coefficient (Wildman–Crippen LogP) is 1.81. The lowest BCUT2D eigenvalue weighted by atomic mass is 10.1. The van der Waals surface area contributed by atoms with E-state index in [1.165, 1.54) is 5.69 Å². The monoisotopic (exact) mass is 326 g/mol. The Kier molecular flexibility index (Phi) is 4.11. The summed E-state index contributed by atoms with van der Waals surface area (Å²) in [5.74, 6) is 0.959. The summed E-state index contributed by atoms with van der Waals surface area (Å²) in [6, 6.07) is 12.2. The van der Waals surface area contributed by atoms with Crippen LogP contribution in [0.5, 0.6) is 5.88 Å². The lowest BCUT2D eigenvalue weighted by Gasteiger charge is -2.18. The van der Waals surface area contributed by atoms with Crippen molar-refractivity contribution in [3.63, 3.8) is 0 Å². The highest BCUT2D eigenvalue weighted by atomic mass is 16.5. The minimum absolute atomic E-state index is 0.0405. The van der Waals surface area contributed by atoms with E-state index in [0.29, 0.717) is 6.54 Å². The Morgan fingerprint density at radius 2 is 2.17 bits per heavy atom. The third-order valence-corrected chi connectivity index (χ3v) is 4.68. The van der Waals surface area contributed by atoms with Gasteiger partial charge in [-0.25, -0.2) is 4.68 Å². The number of aromatic nitrogens is 2. The molecule has 2 aliphatic rings. The van der Waals surface area contributed by atoms with Crippen LogP contribution in [0.25, 0.3) is 0 Å². The standard InChI is InChI=1S/C18H22N4O2/c23-18(14-7-9-21(13-14)16-5-2-1-3-6-16)19-12-15-11-17-22(20-15)8-4-10-24-17/h1-3,5-6,11,14H,4,7-10,12-13H2,(H,19,23)/t14-/m0/s1. The van der Waals surface area contributed by atoms with E-state index in [4.69, 9.17) is 4.74 Å². The SMILES string of the molecule is O=C(NCc1cc2n(n1)CCCO2)[C@H]1CCN(c2ccccc2)C1. The van der Waals surface area contributed by atoms with Crippen LogP contribution in [0.15, 0.2) is 36.4 Å². The molecule has 0 aliphatic carbocycles. The summed E-state index contributed by atoms with van der Waals surface area (Å²) in [7, 11) is 0. The average Bonchev–Trinajstić information content (AvgIpc) is 3.27. The largest absolute Gasteiger partial charge is 0.478 e. The summed E-state index contributed by atoms with van der Waals surface area (Å²) in [5, 5.41) is 7.50. The van der Waals surface area contributed by atoms with Crippen LogP contribution in [-0.2, 0) is 17.9 Å². The molecule has 0 unspecified atom stereocenters. The fourth-order valence-corrected chi connectivity index (χ4v) is 3.37. The number of carbonyl (C=O) groups is 1. The maximum Gasteiger partial charge on any atom is 0.225 e. The number of hydrogen-bond donors (Lipinski definition) is 1. The zero-order valence-electron chi connectivity index (χ0n) is 13.6. The van der Waals surface area contributed by atoms with Crippen molar-refractivity contribution in [3.05, 3.63) is 42.1 Å². The van der Waals surface area contributed by atoms with Crippen LogP contribution in [0.2, 0.25) is 0 Å². The molecule has 4 rings (SSSR count). The number of carbonyl (C=O) groups excluding carboxylic acids is 1. The molecule has 126 valence electrons. The molecule has 6 heteroatoms. The van der Waals surface area contributed by atoms with Crippen LogP contribution in [0.3, 0.4) is 0 Å². The molecule has 3 heterocycles. The van der Waals surface area contributed by atoms with Crippen LogP contribution >= 0.6 is 0 Å². The first-order chi connectivity index (χ1) is 11.8. The molecule has 1 saturated heterocycles. The van der Waals surface area contributed by atoms with Gasteiger partial charge in [0.1, 0.15) is 0 Å². The summed E-state index contributed by atoms with van der Waals surface area (Å²) in [6.45, 7) is 3.80. The molecule has 24 heavy (non-hydrogen) atoms. The van der Waals surface area contributed by atoms with Crippen LogP contribution in [0.1, 0.15) is 18.5 Å². The zero-order valence-corrected chi connectivity index (χ0v) is 13.6. The summed E-state index contributed by atoms with van der Waals surface area (Å²) in [4.78, 5) is 14.7. The highest BCUT2D eigenvalue weighted by molar-refractivity contribution is 5.80. The van der Waals surface area contributed by atoms with Crippen molar-refractivity contribution in [2.24, 2.45) is 5.92 Å². The van der Waals surface area contributed by atoms with Gasteiger partial charge in [0.2, 0.25) is 11.8 Å². The second-order valence-corrected chi connectivity index (χ2v) is 6.38. The van der Waals surface area contributed by atoms with Gasteiger partial charge in [0, 0.05) is 37.8 Å². The van der Waals surface area contributed by atoms with Gasteiger partial charge in [-0.1, -0.05) is 18.2 Å². The van der Waals surface area contributed by atoms with Gasteiger partial charge in [0.15, 0.2) is 0 Å². The van der Waals surface area contributed by atoms with E-state index in [1.807, 2.05) is 28.9 Å². The van der Waals surface area contributed by atoms with Crippen molar-refractivity contribution in [1.29, 1.82) is 0 Å². The number of fused-ring (bicyclic) bond motifs is 1. The quantitative estimate of drug-likeness (QED) is 0.931. The summed E-state index contributed by atoms with van der Waals surface area (Å²) in [5.41, 5.74) is 2.05. The van der Waals surface area contributed by atoms with Crippen molar-refractivity contribution in [2.75, 3.05) is 24.6 Å². The summed E-state index contributed by atoms with van der Waals surface area (Å²) < 4.78 is 7.43.